The van der Waals surface area contributed by atoms with Gasteiger partial charge in [0, 0.05) is 11.6 Å². The lowest BCUT2D eigenvalue weighted by Gasteiger charge is -2.01. The second-order valence-corrected chi connectivity index (χ2v) is 5.43. The number of aryl methyl sites for hydroxylation is 2. The molecule has 1 aromatic carbocycles. The molecule has 2 N–H and O–H groups in total. The summed E-state index contributed by atoms with van der Waals surface area (Å²) in [4.78, 5) is 25.7. The number of hydrogen-bond donors (Lipinski definition) is 2. The number of nitro groups is 1. The van der Waals surface area contributed by atoms with E-state index >= 15 is 0 Å². The van der Waals surface area contributed by atoms with Gasteiger partial charge in [0.2, 0.25) is 5.16 Å². The first-order chi connectivity index (χ1) is 10.4. The molecule has 0 aliphatic rings. The number of H-pyrrole nitrogens is 1. The van der Waals surface area contributed by atoms with Crippen LogP contribution < -0.4 is 0 Å². The molecule has 0 atom stereocenters. The summed E-state index contributed by atoms with van der Waals surface area (Å²) in [6.45, 7) is 3.32. The number of nitro benzene ring substituents is 1. The molecule has 0 bridgehead atoms. The molecule has 22 heavy (non-hydrogen) atoms. The predicted molar refractivity (Wildman–Crippen MR) is 80.4 cm³/mol. The number of aromatic nitrogens is 3. The van der Waals surface area contributed by atoms with Crippen LogP contribution >= 0.6 is 11.8 Å². The van der Waals surface area contributed by atoms with E-state index in [2.05, 4.69) is 15.2 Å². The van der Waals surface area contributed by atoms with E-state index in [1.807, 2.05) is 0 Å². The molecule has 1 aromatic heterocycles. The van der Waals surface area contributed by atoms with Crippen molar-refractivity contribution in [2.24, 2.45) is 0 Å². The second kappa shape index (κ2) is 6.39. The molecule has 0 spiro atoms. The van der Waals surface area contributed by atoms with Gasteiger partial charge < -0.3 is 5.11 Å². The van der Waals surface area contributed by atoms with Crippen molar-refractivity contribution in [3.8, 4) is 0 Å². The van der Waals surface area contributed by atoms with Crippen LogP contribution in [0.2, 0.25) is 0 Å². The van der Waals surface area contributed by atoms with Crippen molar-refractivity contribution < 1.29 is 14.8 Å². The molecular formula is C13H12N4O4S. The highest BCUT2D eigenvalue weighted by Crippen LogP contribution is 2.27. The van der Waals surface area contributed by atoms with Crippen LogP contribution in [0.15, 0.2) is 28.3 Å². The molecule has 2 rings (SSSR count). The smallest absolute Gasteiger partial charge is 0.342 e. The Labute approximate surface area is 129 Å². The lowest BCUT2D eigenvalue weighted by molar-refractivity contribution is -0.385. The molecule has 0 radical (unpaired) electrons. The van der Waals surface area contributed by atoms with Crippen molar-refractivity contribution in [2.75, 3.05) is 0 Å². The van der Waals surface area contributed by atoms with Crippen LogP contribution in [0.25, 0.3) is 6.08 Å². The third-order valence-electron chi connectivity index (χ3n) is 2.72. The zero-order valence-corrected chi connectivity index (χ0v) is 12.5. The van der Waals surface area contributed by atoms with E-state index < -0.39 is 10.9 Å². The number of hydrogen-bond acceptors (Lipinski definition) is 6. The minimum Gasteiger partial charge on any atom is -0.477 e. The molecule has 0 amide bonds. The fourth-order valence-corrected chi connectivity index (χ4v) is 2.42. The summed E-state index contributed by atoms with van der Waals surface area (Å²) in [6.07, 6.45) is 1.35. The van der Waals surface area contributed by atoms with Crippen molar-refractivity contribution in [1.82, 2.24) is 15.2 Å². The largest absolute Gasteiger partial charge is 0.477 e. The third-order valence-corrected chi connectivity index (χ3v) is 3.59. The molecule has 8 nitrogen and oxygen atoms in total. The lowest BCUT2D eigenvalue weighted by Crippen LogP contribution is -1.98. The van der Waals surface area contributed by atoms with Gasteiger partial charge in [-0.15, -0.1) is 5.10 Å². The predicted octanol–water partition coefficient (Wildman–Crippen LogP) is 2.55. The highest BCUT2D eigenvalue weighted by Gasteiger charge is 2.15. The maximum absolute atomic E-state index is 11.3. The fraction of sp³-hybridized carbons (Fsp3) is 0.154. The minimum absolute atomic E-state index is 0.0304. The van der Waals surface area contributed by atoms with E-state index in [4.69, 9.17) is 0 Å². The summed E-state index contributed by atoms with van der Waals surface area (Å²) >= 11 is 0.869. The van der Waals surface area contributed by atoms with E-state index in [-0.39, 0.29) is 15.7 Å². The van der Waals surface area contributed by atoms with Gasteiger partial charge in [0.25, 0.3) is 5.69 Å². The molecular weight excluding hydrogens is 308 g/mol. The Morgan fingerprint density at radius 2 is 2.18 bits per heavy atom. The topological polar surface area (TPSA) is 122 Å². The minimum atomic E-state index is -1.16. The number of carboxylic acid groups (broad SMARTS) is 1. The summed E-state index contributed by atoms with van der Waals surface area (Å²) in [5.41, 5.74) is 0.878. The third kappa shape index (κ3) is 3.70. The molecule has 2 aromatic rings. The molecule has 1 heterocycles. The quantitative estimate of drug-likeness (QED) is 0.375. The highest BCUT2D eigenvalue weighted by molar-refractivity contribution is 8.04. The van der Waals surface area contributed by atoms with E-state index in [1.165, 1.54) is 12.1 Å². The molecule has 0 unspecified atom stereocenters. The second-order valence-electron chi connectivity index (χ2n) is 4.42. The normalized spacial score (nSPS) is 11.5. The molecule has 9 heteroatoms. The van der Waals surface area contributed by atoms with Gasteiger partial charge in [-0.25, -0.2) is 9.78 Å². The van der Waals surface area contributed by atoms with E-state index in [9.17, 15) is 20.0 Å². The highest BCUT2D eigenvalue weighted by atomic mass is 32.2. The summed E-state index contributed by atoms with van der Waals surface area (Å²) in [5.74, 6) is -0.589. The Hall–Kier alpha value is -2.68. The zero-order valence-electron chi connectivity index (χ0n) is 11.7. The van der Waals surface area contributed by atoms with E-state index in [0.717, 1.165) is 11.8 Å². The summed E-state index contributed by atoms with van der Waals surface area (Å²) in [6, 6.07) is 4.53. The van der Waals surface area contributed by atoms with Crippen LogP contribution in [0, 0.1) is 24.0 Å². The van der Waals surface area contributed by atoms with Crippen molar-refractivity contribution in [3.63, 3.8) is 0 Å². The van der Waals surface area contributed by atoms with Gasteiger partial charge in [-0.05, 0) is 37.2 Å². The van der Waals surface area contributed by atoms with Crippen LogP contribution in [0.5, 0.6) is 0 Å². The number of carbonyl (C=O) groups is 1. The zero-order chi connectivity index (χ0) is 16.3. The number of aromatic amines is 1. The number of carboxylic acids is 1. The van der Waals surface area contributed by atoms with Crippen LogP contribution in [-0.2, 0) is 4.79 Å². The molecule has 0 fully saturated rings. The van der Waals surface area contributed by atoms with Gasteiger partial charge in [-0.1, -0.05) is 12.1 Å². The van der Waals surface area contributed by atoms with Crippen molar-refractivity contribution >= 4 is 29.5 Å². The Balaban J connectivity index is 2.36. The van der Waals surface area contributed by atoms with E-state index in [0.29, 0.717) is 17.0 Å². The van der Waals surface area contributed by atoms with Gasteiger partial charge >= 0.3 is 5.97 Å². The number of thioether (sulfide) groups is 1. The Morgan fingerprint density at radius 3 is 2.73 bits per heavy atom. The fourth-order valence-electron chi connectivity index (χ4n) is 1.67. The molecule has 0 saturated carbocycles. The summed E-state index contributed by atoms with van der Waals surface area (Å²) < 4.78 is 0. The molecule has 114 valence electrons. The summed E-state index contributed by atoms with van der Waals surface area (Å²) in [7, 11) is 0. The van der Waals surface area contributed by atoms with Crippen molar-refractivity contribution in [3.05, 3.63) is 50.2 Å². The van der Waals surface area contributed by atoms with Gasteiger partial charge in [0.15, 0.2) is 0 Å². The van der Waals surface area contributed by atoms with E-state index in [1.54, 1.807) is 26.0 Å². The molecule has 0 aliphatic heterocycles. The van der Waals surface area contributed by atoms with Crippen LogP contribution in [0.1, 0.15) is 17.0 Å². The van der Waals surface area contributed by atoms with Crippen molar-refractivity contribution in [1.29, 1.82) is 0 Å². The lowest BCUT2D eigenvalue weighted by atomic mass is 10.1. The number of benzene rings is 1. The maximum atomic E-state index is 11.3. The maximum Gasteiger partial charge on any atom is 0.342 e. The standard InChI is InChI=1S/C13H12N4O4S/c1-7-3-4-9(5-10(7)17(20)21)6-11(12(18)19)22-13-14-8(2)15-16-13/h3-6H,1-2H3,(H,18,19)(H,14,15,16)/b11-6+. The average Bonchev–Trinajstić information content (AvgIpc) is 2.85. The van der Waals surface area contributed by atoms with Gasteiger partial charge in [-0.3, -0.25) is 15.2 Å². The van der Waals surface area contributed by atoms with Crippen LogP contribution in [0.3, 0.4) is 0 Å². The van der Waals surface area contributed by atoms with Gasteiger partial charge in [0.1, 0.15) is 10.7 Å². The van der Waals surface area contributed by atoms with Crippen LogP contribution in [0.4, 0.5) is 5.69 Å². The number of nitrogens with zero attached hydrogens (tertiary/aromatic N) is 3. The Bertz CT molecular complexity index is 769. The SMILES string of the molecule is Cc1nc(S/C(=C/c2ccc(C)c([N+](=O)[O-])c2)C(=O)O)n[nH]1. The Morgan fingerprint density at radius 1 is 1.45 bits per heavy atom. The van der Waals surface area contributed by atoms with Crippen LogP contribution in [-0.4, -0.2) is 31.2 Å². The molecule has 0 saturated heterocycles. The average molecular weight is 320 g/mol. The number of rotatable bonds is 5. The van der Waals surface area contributed by atoms with Crippen molar-refractivity contribution in [2.45, 2.75) is 19.0 Å². The first kappa shape index (κ1) is 15.7. The first-order valence-corrected chi connectivity index (χ1v) is 6.95. The Kier molecular flexibility index (Phi) is 4.56. The number of nitrogens with one attached hydrogen (secondary N) is 1. The number of aliphatic carboxylic acids is 1. The first-order valence-electron chi connectivity index (χ1n) is 6.13. The monoisotopic (exact) mass is 320 g/mol. The van der Waals surface area contributed by atoms with Gasteiger partial charge in [-0.2, -0.15) is 0 Å². The summed E-state index contributed by atoms with van der Waals surface area (Å²) in [5, 5.41) is 26.9. The molecule has 0 aliphatic carbocycles. The van der Waals surface area contributed by atoms with Gasteiger partial charge in [0.05, 0.1) is 4.92 Å².